The molecule has 0 aliphatic carbocycles. The van der Waals surface area contributed by atoms with Gasteiger partial charge in [0.2, 0.25) is 0 Å². The van der Waals surface area contributed by atoms with Crippen molar-refractivity contribution in [3.63, 3.8) is 0 Å². The number of aliphatic carboxylic acids is 1. The predicted octanol–water partition coefficient (Wildman–Crippen LogP) is 1.65. The molecule has 0 saturated heterocycles. The second-order valence-corrected chi connectivity index (χ2v) is 3.87. The van der Waals surface area contributed by atoms with Crippen LogP contribution in [0, 0.1) is 0 Å². The molecule has 80 valence electrons. The van der Waals surface area contributed by atoms with Crippen LogP contribution in [0.5, 0.6) is 0 Å². The zero-order chi connectivity index (χ0) is 11.4. The molecule has 1 rings (SSSR count). The first-order chi connectivity index (χ1) is 7.02. The van der Waals surface area contributed by atoms with Crippen LogP contribution >= 0.6 is 15.9 Å². The van der Waals surface area contributed by atoms with E-state index in [0.717, 1.165) is 0 Å². The lowest BCUT2D eigenvalue weighted by Gasteiger charge is -2.09. The molecular weight excluding hydrogens is 262 g/mol. The summed E-state index contributed by atoms with van der Waals surface area (Å²) in [5.41, 5.74) is 0.422. The van der Waals surface area contributed by atoms with Crippen LogP contribution in [0.1, 0.15) is 17.3 Å². The van der Waals surface area contributed by atoms with Crippen molar-refractivity contribution in [1.82, 2.24) is 5.32 Å². The fourth-order valence-corrected chi connectivity index (χ4v) is 1.45. The Labute approximate surface area is 95.4 Å². The van der Waals surface area contributed by atoms with Crippen LogP contribution in [0.3, 0.4) is 0 Å². The minimum atomic E-state index is -1.06. The third-order valence-corrected chi connectivity index (χ3v) is 2.53. The molecule has 0 aliphatic heterocycles. The van der Waals surface area contributed by atoms with Crippen molar-refractivity contribution < 1.29 is 14.7 Å². The Bertz CT molecular complexity index is 392. The number of rotatable bonds is 3. The molecule has 1 amide bonds. The molecular formula is C10H10BrNO3. The van der Waals surface area contributed by atoms with Gasteiger partial charge in [-0.1, -0.05) is 12.1 Å². The number of nitrogens with one attached hydrogen (secondary N) is 1. The van der Waals surface area contributed by atoms with Gasteiger partial charge in [0, 0.05) is 4.47 Å². The molecule has 0 unspecified atom stereocenters. The second kappa shape index (κ2) is 4.93. The highest BCUT2D eigenvalue weighted by molar-refractivity contribution is 9.10. The van der Waals surface area contributed by atoms with Crippen molar-refractivity contribution >= 4 is 27.8 Å². The maximum absolute atomic E-state index is 11.6. The first kappa shape index (κ1) is 11.7. The van der Waals surface area contributed by atoms with Crippen molar-refractivity contribution in [1.29, 1.82) is 0 Å². The van der Waals surface area contributed by atoms with Crippen LogP contribution in [0.15, 0.2) is 28.7 Å². The molecule has 0 aliphatic rings. The van der Waals surface area contributed by atoms with E-state index in [1.54, 1.807) is 24.3 Å². The normalized spacial score (nSPS) is 11.9. The number of hydrogen-bond acceptors (Lipinski definition) is 2. The first-order valence-electron chi connectivity index (χ1n) is 4.30. The molecule has 1 aromatic carbocycles. The minimum Gasteiger partial charge on any atom is -0.480 e. The first-order valence-corrected chi connectivity index (χ1v) is 5.10. The van der Waals surface area contributed by atoms with Crippen LogP contribution in [-0.4, -0.2) is 23.0 Å². The Hall–Kier alpha value is -1.36. The van der Waals surface area contributed by atoms with Crippen molar-refractivity contribution in [3.05, 3.63) is 34.3 Å². The smallest absolute Gasteiger partial charge is 0.325 e. The number of amides is 1. The van der Waals surface area contributed by atoms with Gasteiger partial charge in [-0.25, -0.2) is 0 Å². The zero-order valence-corrected chi connectivity index (χ0v) is 9.61. The van der Waals surface area contributed by atoms with E-state index in [1.807, 2.05) is 0 Å². The average Bonchev–Trinajstić information content (AvgIpc) is 2.18. The Morgan fingerprint density at radius 2 is 2.00 bits per heavy atom. The van der Waals surface area contributed by atoms with Gasteiger partial charge in [-0.2, -0.15) is 0 Å². The van der Waals surface area contributed by atoms with Gasteiger partial charge in [0.15, 0.2) is 0 Å². The molecule has 15 heavy (non-hydrogen) atoms. The summed E-state index contributed by atoms with van der Waals surface area (Å²) in [5.74, 6) is -1.47. The molecule has 1 atom stereocenters. The summed E-state index contributed by atoms with van der Waals surface area (Å²) >= 11 is 3.22. The molecule has 0 radical (unpaired) electrons. The largest absolute Gasteiger partial charge is 0.480 e. The van der Waals surface area contributed by atoms with Crippen molar-refractivity contribution in [2.75, 3.05) is 0 Å². The fourth-order valence-electron chi connectivity index (χ4n) is 0.981. The Kier molecular flexibility index (Phi) is 3.85. The Balaban J connectivity index is 2.78. The van der Waals surface area contributed by atoms with Crippen LogP contribution in [0.25, 0.3) is 0 Å². The van der Waals surface area contributed by atoms with Crippen molar-refractivity contribution in [2.45, 2.75) is 13.0 Å². The van der Waals surface area contributed by atoms with E-state index in [9.17, 15) is 9.59 Å². The number of carboxylic acids is 1. The highest BCUT2D eigenvalue weighted by atomic mass is 79.9. The van der Waals surface area contributed by atoms with E-state index < -0.39 is 17.9 Å². The van der Waals surface area contributed by atoms with Crippen molar-refractivity contribution in [2.24, 2.45) is 0 Å². The summed E-state index contributed by atoms with van der Waals surface area (Å²) in [7, 11) is 0. The van der Waals surface area contributed by atoms with Gasteiger partial charge in [0.05, 0.1) is 5.56 Å². The highest BCUT2D eigenvalue weighted by Gasteiger charge is 2.16. The monoisotopic (exact) mass is 271 g/mol. The highest BCUT2D eigenvalue weighted by Crippen LogP contribution is 2.15. The van der Waals surface area contributed by atoms with Gasteiger partial charge in [-0.05, 0) is 35.0 Å². The molecule has 0 bridgehead atoms. The lowest BCUT2D eigenvalue weighted by molar-refractivity contribution is -0.138. The van der Waals surface area contributed by atoms with Crippen LogP contribution in [0.4, 0.5) is 0 Å². The molecule has 0 saturated carbocycles. The number of carbonyl (C=O) groups is 2. The molecule has 0 aromatic heterocycles. The lowest BCUT2D eigenvalue weighted by Crippen LogP contribution is -2.38. The van der Waals surface area contributed by atoms with E-state index >= 15 is 0 Å². The summed E-state index contributed by atoms with van der Waals surface area (Å²) in [6.07, 6.45) is 0. The predicted molar refractivity (Wildman–Crippen MR) is 58.7 cm³/mol. The summed E-state index contributed by atoms with van der Waals surface area (Å²) < 4.78 is 0.639. The van der Waals surface area contributed by atoms with E-state index in [-0.39, 0.29) is 0 Å². The number of carboxylic acid groups (broad SMARTS) is 1. The van der Waals surface area contributed by atoms with E-state index in [4.69, 9.17) is 5.11 Å². The second-order valence-electron chi connectivity index (χ2n) is 3.01. The third kappa shape index (κ3) is 3.06. The summed E-state index contributed by atoms with van der Waals surface area (Å²) in [4.78, 5) is 22.1. The number of benzene rings is 1. The number of halogens is 1. The standard InChI is InChI=1S/C10H10BrNO3/c1-6(10(14)15)12-9(13)7-4-2-3-5-8(7)11/h2-6H,1H3,(H,12,13)(H,14,15)/t6-/m0/s1. The molecule has 0 spiro atoms. The van der Waals surface area contributed by atoms with Gasteiger partial charge in [0.1, 0.15) is 6.04 Å². The topological polar surface area (TPSA) is 66.4 Å². The summed E-state index contributed by atoms with van der Waals surface area (Å²) in [5, 5.41) is 11.0. The lowest BCUT2D eigenvalue weighted by atomic mass is 10.2. The number of carbonyl (C=O) groups excluding carboxylic acids is 1. The van der Waals surface area contributed by atoms with E-state index in [0.29, 0.717) is 10.0 Å². The molecule has 0 heterocycles. The molecule has 1 aromatic rings. The molecule has 4 nitrogen and oxygen atoms in total. The summed E-state index contributed by atoms with van der Waals surface area (Å²) in [6, 6.07) is 5.94. The van der Waals surface area contributed by atoms with Gasteiger partial charge < -0.3 is 10.4 Å². The number of hydrogen-bond donors (Lipinski definition) is 2. The maximum atomic E-state index is 11.6. The van der Waals surface area contributed by atoms with Crippen LogP contribution < -0.4 is 5.32 Å². The minimum absolute atomic E-state index is 0.405. The average molecular weight is 272 g/mol. The van der Waals surface area contributed by atoms with Crippen LogP contribution in [0.2, 0.25) is 0 Å². The third-order valence-electron chi connectivity index (χ3n) is 1.84. The van der Waals surface area contributed by atoms with Gasteiger partial charge >= 0.3 is 5.97 Å². The van der Waals surface area contributed by atoms with E-state index in [1.165, 1.54) is 6.92 Å². The van der Waals surface area contributed by atoms with E-state index in [2.05, 4.69) is 21.2 Å². The van der Waals surface area contributed by atoms with Gasteiger partial charge in [-0.15, -0.1) is 0 Å². The SMILES string of the molecule is C[C@H](NC(=O)c1ccccc1Br)C(=O)O. The fraction of sp³-hybridized carbons (Fsp3) is 0.200. The van der Waals surface area contributed by atoms with Crippen LogP contribution in [-0.2, 0) is 4.79 Å². The maximum Gasteiger partial charge on any atom is 0.325 e. The molecule has 5 heteroatoms. The quantitative estimate of drug-likeness (QED) is 0.879. The molecule has 2 N–H and O–H groups in total. The molecule has 0 fully saturated rings. The Morgan fingerprint density at radius 1 is 1.40 bits per heavy atom. The van der Waals surface area contributed by atoms with Gasteiger partial charge in [0.25, 0.3) is 5.91 Å². The van der Waals surface area contributed by atoms with Crippen molar-refractivity contribution in [3.8, 4) is 0 Å². The van der Waals surface area contributed by atoms with Gasteiger partial charge in [-0.3, -0.25) is 9.59 Å². The Morgan fingerprint density at radius 3 is 2.53 bits per heavy atom. The summed E-state index contributed by atoms with van der Waals surface area (Å²) in [6.45, 7) is 1.41. The zero-order valence-electron chi connectivity index (χ0n) is 8.03.